The molecule has 2 rings (SSSR count). The number of benzene rings is 1. The summed E-state index contributed by atoms with van der Waals surface area (Å²) in [5.74, 6) is -1.04. The van der Waals surface area contributed by atoms with Crippen LogP contribution in [0.5, 0.6) is 0 Å². The Morgan fingerprint density at radius 2 is 2.00 bits per heavy atom. The second-order valence-electron chi connectivity index (χ2n) is 5.87. The number of nitrogen functional groups attached to an aromatic ring is 1. The summed E-state index contributed by atoms with van der Waals surface area (Å²) in [6, 6.07) is 4.61. The van der Waals surface area contributed by atoms with Crippen LogP contribution in [0.25, 0.3) is 0 Å². The lowest BCUT2D eigenvalue weighted by atomic mass is 9.78. The van der Waals surface area contributed by atoms with Crippen molar-refractivity contribution in [2.75, 3.05) is 5.73 Å². The van der Waals surface area contributed by atoms with Crippen molar-refractivity contribution < 1.29 is 25.2 Å². The molecule has 0 radical (unpaired) electrons. The first-order chi connectivity index (χ1) is 9.79. The standard InChI is InChI=1S/C15H21NO5/c16-11-6-9(5-10(7-11)14(19)20)1-3-15(21)4-2-12(17)13(18)8-15/h5-7,12-13,17-18,21H,1-4,8,16H2,(H,19,20)/t12-,13-,15+/m1/s1. The van der Waals surface area contributed by atoms with E-state index in [2.05, 4.69) is 0 Å². The summed E-state index contributed by atoms with van der Waals surface area (Å²) in [6.45, 7) is 0. The van der Waals surface area contributed by atoms with Gasteiger partial charge in [0.05, 0.1) is 23.4 Å². The van der Waals surface area contributed by atoms with Crippen LogP contribution < -0.4 is 5.73 Å². The molecule has 0 unspecified atom stereocenters. The zero-order chi connectivity index (χ0) is 15.6. The third kappa shape index (κ3) is 3.93. The average Bonchev–Trinajstić information content (AvgIpc) is 2.41. The summed E-state index contributed by atoms with van der Waals surface area (Å²) in [7, 11) is 0. The average molecular weight is 295 g/mol. The van der Waals surface area contributed by atoms with Crippen LogP contribution in [0.1, 0.15) is 41.6 Å². The summed E-state index contributed by atoms with van der Waals surface area (Å²) in [6.07, 6.45) is 0.0518. The number of aliphatic hydroxyl groups is 3. The van der Waals surface area contributed by atoms with Gasteiger partial charge in [0.25, 0.3) is 0 Å². The van der Waals surface area contributed by atoms with E-state index in [0.29, 0.717) is 31.4 Å². The second-order valence-corrected chi connectivity index (χ2v) is 5.87. The number of nitrogens with two attached hydrogens (primary N) is 1. The molecule has 1 aliphatic carbocycles. The summed E-state index contributed by atoms with van der Waals surface area (Å²) < 4.78 is 0. The molecule has 0 aromatic heterocycles. The molecule has 1 saturated carbocycles. The van der Waals surface area contributed by atoms with Gasteiger partial charge >= 0.3 is 5.97 Å². The fourth-order valence-electron chi connectivity index (χ4n) is 2.83. The summed E-state index contributed by atoms with van der Waals surface area (Å²) >= 11 is 0. The maximum absolute atomic E-state index is 11.0. The molecule has 1 aliphatic rings. The van der Waals surface area contributed by atoms with Crippen LogP contribution in [0, 0.1) is 0 Å². The molecule has 0 saturated heterocycles. The van der Waals surface area contributed by atoms with Crippen LogP contribution in [0.15, 0.2) is 18.2 Å². The van der Waals surface area contributed by atoms with E-state index in [9.17, 15) is 20.1 Å². The number of hydrogen-bond acceptors (Lipinski definition) is 5. The van der Waals surface area contributed by atoms with E-state index in [4.69, 9.17) is 10.8 Å². The number of aliphatic hydroxyl groups excluding tert-OH is 2. The zero-order valence-corrected chi connectivity index (χ0v) is 11.7. The fraction of sp³-hybridized carbons (Fsp3) is 0.533. The molecule has 6 N–H and O–H groups in total. The van der Waals surface area contributed by atoms with E-state index in [1.54, 1.807) is 6.07 Å². The highest BCUT2D eigenvalue weighted by Gasteiger charge is 2.37. The topological polar surface area (TPSA) is 124 Å². The van der Waals surface area contributed by atoms with Crippen molar-refractivity contribution in [2.24, 2.45) is 0 Å². The predicted molar refractivity (Wildman–Crippen MR) is 76.9 cm³/mol. The third-order valence-electron chi connectivity index (χ3n) is 4.08. The maximum atomic E-state index is 11.0. The Morgan fingerprint density at radius 3 is 2.62 bits per heavy atom. The molecular weight excluding hydrogens is 274 g/mol. The quantitative estimate of drug-likeness (QED) is 0.516. The molecule has 1 aromatic carbocycles. The van der Waals surface area contributed by atoms with Crippen molar-refractivity contribution in [3.05, 3.63) is 29.3 Å². The Morgan fingerprint density at radius 1 is 1.29 bits per heavy atom. The molecule has 116 valence electrons. The molecule has 6 heteroatoms. The second kappa shape index (κ2) is 6.01. The van der Waals surface area contributed by atoms with E-state index in [0.717, 1.165) is 5.56 Å². The van der Waals surface area contributed by atoms with Crippen molar-refractivity contribution in [2.45, 2.75) is 49.9 Å². The first-order valence-corrected chi connectivity index (χ1v) is 7.00. The number of aryl methyl sites for hydroxylation is 1. The van der Waals surface area contributed by atoms with Gasteiger partial charge in [0.15, 0.2) is 0 Å². The van der Waals surface area contributed by atoms with Gasteiger partial charge in [-0.3, -0.25) is 0 Å². The van der Waals surface area contributed by atoms with Gasteiger partial charge in [-0.1, -0.05) is 0 Å². The molecule has 0 spiro atoms. The van der Waals surface area contributed by atoms with E-state index in [1.807, 2.05) is 0 Å². The van der Waals surface area contributed by atoms with Crippen LogP contribution in [-0.4, -0.2) is 44.2 Å². The number of hydrogen-bond donors (Lipinski definition) is 5. The van der Waals surface area contributed by atoms with Crippen molar-refractivity contribution in [1.82, 2.24) is 0 Å². The summed E-state index contributed by atoms with van der Waals surface area (Å²) in [5, 5.41) is 38.6. The summed E-state index contributed by atoms with van der Waals surface area (Å²) in [4.78, 5) is 11.0. The molecule has 6 nitrogen and oxygen atoms in total. The van der Waals surface area contributed by atoms with Crippen LogP contribution in [-0.2, 0) is 6.42 Å². The lowest BCUT2D eigenvalue weighted by molar-refractivity contribution is -0.102. The number of carboxylic acids is 1. The number of anilines is 1. The molecule has 0 amide bonds. The summed E-state index contributed by atoms with van der Waals surface area (Å²) in [5.41, 5.74) is 5.88. The molecule has 0 aliphatic heterocycles. The highest BCUT2D eigenvalue weighted by Crippen LogP contribution is 2.32. The highest BCUT2D eigenvalue weighted by molar-refractivity contribution is 5.89. The van der Waals surface area contributed by atoms with E-state index in [1.165, 1.54) is 12.1 Å². The Bertz CT molecular complexity index is 533. The van der Waals surface area contributed by atoms with Gasteiger partial charge in [0.1, 0.15) is 0 Å². The fourth-order valence-corrected chi connectivity index (χ4v) is 2.83. The third-order valence-corrected chi connectivity index (χ3v) is 4.08. The Hall–Kier alpha value is -1.63. The largest absolute Gasteiger partial charge is 0.478 e. The number of rotatable bonds is 4. The van der Waals surface area contributed by atoms with Gasteiger partial charge in [-0.25, -0.2) is 4.79 Å². The SMILES string of the molecule is Nc1cc(CC[C@]2(O)CC[C@@H](O)[C@H](O)C2)cc(C(=O)O)c1. The van der Waals surface area contributed by atoms with Gasteiger partial charge < -0.3 is 26.2 Å². The first-order valence-electron chi connectivity index (χ1n) is 7.00. The van der Waals surface area contributed by atoms with E-state index in [-0.39, 0.29) is 12.0 Å². The van der Waals surface area contributed by atoms with E-state index >= 15 is 0 Å². The van der Waals surface area contributed by atoms with Gasteiger partial charge in [0.2, 0.25) is 0 Å². The molecule has 1 fully saturated rings. The molecule has 0 bridgehead atoms. The normalized spacial score (nSPS) is 29.3. The lowest BCUT2D eigenvalue weighted by Gasteiger charge is -2.37. The first kappa shape index (κ1) is 15.8. The van der Waals surface area contributed by atoms with Gasteiger partial charge in [-0.2, -0.15) is 0 Å². The van der Waals surface area contributed by atoms with Crippen LogP contribution in [0.4, 0.5) is 5.69 Å². The predicted octanol–water partition coefficient (Wildman–Crippen LogP) is 0.536. The Kier molecular flexibility index (Phi) is 4.51. The van der Waals surface area contributed by atoms with Crippen LogP contribution in [0.2, 0.25) is 0 Å². The zero-order valence-electron chi connectivity index (χ0n) is 11.7. The number of carbonyl (C=O) groups is 1. The molecule has 3 atom stereocenters. The van der Waals surface area contributed by atoms with E-state index < -0.39 is 23.8 Å². The van der Waals surface area contributed by atoms with Crippen molar-refractivity contribution in [1.29, 1.82) is 0 Å². The smallest absolute Gasteiger partial charge is 0.335 e. The van der Waals surface area contributed by atoms with Gasteiger partial charge in [0, 0.05) is 12.1 Å². The Labute approximate surface area is 122 Å². The minimum absolute atomic E-state index is 0.121. The molecular formula is C15H21NO5. The molecule has 1 aromatic rings. The number of carboxylic acid groups (broad SMARTS) is 1. The van der Waals surface area contributed by atoms with Crippen LogP contribution in [0.3, 0.4) is 0 Å². The van der Waals surface area contributed by atoms with Gasteiger partial charge in [-0.15, -0.1) is 0 Å². The van der Waals surface area contributed by atoms with Crippen molar-refractivity contribution in [3.63, 3.8) is 0 Å². The van der Waals surface area contributed by atoms with Crippen molar-refractivity contribution in [3.8, 4) is 0 Å². The minimum Gasteiger partial charge on any atom is -0.478 e. The van der Waals surface area contributed by atoms with Crippen molar-refractivity contribution >= 4 is 11.7 Å². The maximum Gasteiger partial charge on any atom is 0.335 e. The monoisotopic (exact) mass is 295 g/mol. The minimum atomic E-state index is -1.04. The number of aromatic carboxylic acids is 1. The Balaban J connectivity index is 2.04. The van der Waals surface area contributed by atoms with Gasteiger partial charge in [-0.05, 0) is 49.4 Å². The highest BCUT2D eigenvalue weighted by atomic mass is 16.4. The van der Waals surface area contributed by atoms with Crippen LogP contribution >= 0.6 is 0 Å². The molecule has 21 heavy (non-hydrogen) atoms. The lowest BCUT2D eigenvalue weighted by Crippen LogP contribution is -2.44. The molecule has 0 heterocycles.